The number of hydrogen-bond donors (Lipinski definition) is 1. The topological polar surface area (TPSA) is 84.6 Å². The van der Waals surface area contributed by atoms with Crippen molar-refractivity contribution in [2.75, 3.05) is 0 Å². The maximum atomic E-state index is 12.2. The van der Waals surface area contributed by atoms with Gasteiger partial charge in [0.1, 0.15) is 0 Å². The molecule has 0 spiro atoms. The van der Waals surface area contributed by atoms with E-state index in [-0.39, 0.29) is 11.6 Å². The van der Waals surface area contributed by atoms with Crippen molar-refractivity contribution in [3.63, 3.8) is 0 Å². The molecule has 0 atom stereocenters. The van der Waals surface area contributed by atoms with Crippen LogP contribution < -0.4 is 5.43 Å². The molecule has 0 aliphatic carbocycles. The second-order valence-electron chi connectivity index (χ2n) is 5.99. The minimum absolute atomic E-state index is 0.000464. The van der Waals surface area contributed by atoms with Crippen molar-refractivity contribution in [3.8, 4) is 0 Å². The molecule has 0 aliphatic rings. The van der Waals surface area contributed by atoms with E-state index in [1.54, 1.807) is 36.0 Å². The molecule has 1 amide bonds. The Kier molecular flexibility index (Phi) is 6.99. The molecule has 3 rings (SSSR count). The van der Waals surface area contributed by atoms with Crippen molar-refractivity contribution in [2.24, 2.45) is 5.10 Å². The summed E-state index contributed by atoms with van der Waals surface area (Å²) in [4.78, 5) is 23.4. The molecule has 0 unspecified atom stereocenters. The molecule has 0 heterocycles. The van der Waals surface area contributed by atoms with Crippen LogP contribution in [0.25, 0.3) is 0 Å². The fourth-order valence-corrected chi connectivity index (χ4v) is 3.34. The molecule has 0 saturated carbocycles. The minimum Gasteiger partial charge on any atom is -0.267 e. The maximum Gasteiger partial charge on any atom is 0.271 e. The summed E-state index contributed by atoms with van der Waals surface area (Å²) in [5.74, 6) is 0.446. The third-order valence-corrected chi connectivity index (χ3v) is 5.25. The van der Waals surface area contributed by atoms with Gasteiger partial charge in [0.25, 0.3) is 11.6 Å². The normalized spacial score (nSPS) is 10.8. The molecular formula is C21H16ClN3O3S. The predicted molar refractivity (Wildman–Crippen MR) is 116 cm³/mol. The summed E-state index contributed by atoms with van der Waals surface area (Å²) in [6.07, 6.45) is 1.43. The first-order valence-corrected chi connectivity index (χ1v) is 9.93. The van der Waals surface area contributed by atoms with Gasteiger partial charge in [0.05, 0.1) is 11.1 Å². The van der Waals surface area contributed by atoms with Crippen LogP contribution in [0.1, 0.15) is 21.5 Å². The van der Waals surface area contributed by atoms with E-state index in [2.05, 4.69) is 10.5 Å². The Morgan fingerprint density at radius 2 is 1.69 bits per heavy atom. The van der Waals surface area contributed by atoms with Gasteiger partial charge in [-0.25, -0.2) is 5.43 Å². The zero-order valence-electron chi connectivity index (χ0n) is 15.1. The lowest BCUT2D eigenvalue weighted by Crippen LogP contribution is -2.17. The van der Waals surface area contributed by atoms with E-state index in [0.29, 0.717) is 16.1 Å². The van der Waals surface area contributed by atoms with Crippen LogP contribution in [-0.2, 0) is 5.75 Å². The van der Waals surface area contributed by atoms with Crippen LogP contribution in [0.4, 0.5) is 5.69 Å². The van der Waals surface area contributed by atoms with Crippen molar-refractivity contribution in [1.29, 1.82) is 0 Å². The van der Waals surface area contributed by atoms with Crippen LogP contribution in [0.3, 0.4) is 0 Å². The molecule has 3 aromatic carbocycles. The molecule has 0 fully saturated rings. The second-order valence-corrected chi connectivity index (χ2v) is 7.47. The summed E-state index contributed by atoms with van der Waals surface area (Å²) in [5, 5.41) is 15.2. The number of nitro benzene ring substituents is 1. The van der Waals surface area contributed by atoms with E-state index in [9.17, 15) is 14.9 Å². The van der Waals surface area contributed by atoms with Gasteiger partial charge in [0, 0.05) is 33.4 Å². The van der Waals surface area contributed by atoms with E-state index in [1.165, 1.54) is 18.3 Å². The van der Waals surface area contributed by atoms with Gasteiger partial charge in [-0.3, -0.25) is 14.9 Å². The first-order chi connectivity index (χ1) is 14.0. The van der Waals surface area contributed by atoms with Crippen LogP contribution >= 0.6 is 23.4 Å². The summed E-state index contributed by atoms with van der Waals surface area (Å²) in [6.45, 7) is 0. The summed E-state index contributed by atoms with van der Waals surface area (Å²) in [6, 6.07) is 20.8. The number of halogens is 1. The molecule has 0 bridgehead atoms. The fraction of sp³-hybridized carbons (Fsp3) is 0.0476. The maximum absolute atomic E-state index is 12.2. The minimum atomic E-state index is -0.472. The Bertz CT molecular complexity index is 1020. The van der Waals surface area contributed by atoms with E-state index in [1.807, 2.05) is 36.4 Å². The third-order valence-electron chi connectivity index (χ3n) is 3.92. The number of rotatable bonds is 7. The molecule has 0 aliphatic heterocycles. The second kappa shape index (κ2) is 9.86. The van der Waals surface area contributed by atoms with E-state index in [4.69, 9.17) is 11.6 Å². The average Bonchev–Trinajstić information content (AvgIpc) is 2.74. The molecule has 29 heavy (non-hydrogen) atoms. The molecule has 8 heteroatoms. The Balaban J connectivity index is 1.51. The molecule has 3 aromatic rings. The Morgan fingerprint density at radius 3 is 2.31 bits per heavy atom. The van der Waals surface area contributed by atoms with E-state index in [0.717, 1.165) is 16.2 Å². The third kappa shape index (κ3) is 6.17. The molecule has 6 nitrogen and oxygen atoms in total. The molecule has 1 N–H and O–H groups in total. The Morgan fingerprint density at radius 1 is 1.03 bits per heavy atom. The number of hydrazone groups is 1. The van der Waals surface area contributed by atoms with Crippen LogP contribution in [0, 0.1) is 10.1 Å². The highest BCUT2D eigenvalue weighted by Crippen LogP contribution is 2.24. The fourth-order valence-electron chi connectivity index (χ4n) is 2.36. The lowest BCUT2D eigenvalue weighted by Gasteiger charge is -2.04. The summed E-state index contributed by atoms with van der Waals surface area (Å²) >= 11 is 7.57. The zero-order valence-corrected chi connectivity index (χ0v) is 16.7. The van der Waals surface area contributed by atoms with Crippen molar-refractivity contribution in [3.05, 3.63) is 105 Å². The average molecular weight is 426 g/mol. The van der Waals surface area contributed by atoms with Crippen LogP contribution in [-0.4, -0.2) is 17.0 Å². The number of hydrogen-bond acceptors (Lipinski definition) is 5. The van der Waals surface area contributed by atoms with E-state index < -0.39 is 4.92 Å². The number of thioether (sulfide) groups is 1. The number of nitro groups is 1. The van der Waals surface area contributed by atoms with Gasteiger partial charge < -0.3 is 0 Å². The highest BCUT2D eigenvalue weighted by molar-refractivity contribution is 7.98. The number of nitrogens with zero attached hydrogens (tertiary/aromatic N) is 2. The van der Waals surface area contributed by atoms with Gasteiger partial charge in [-0.2, -0.15) is 5.10 Å². The van der Waals surface area contributed by atoms with E-state index >= 15 is 0 Å². The van der Waals surface area contributed by atoms with Gasteiger partial charge in [-0.1, -0.05) is 23.7 Å². The monoisotopic (exact) mass is 425 g/mol. The molecule has 146 valence electrons. The zero-order chi connectivity index (χ0) is 20.6. The highest BCUT2D eigenvalue weighted by Gasteiger charge is 2.05. The lowest BCUT2D eigenvalue weighted by atomic mass is 10.1. The molecule has 0 aromatic heterocycles. The lowest BCUT2D eigenvalue weighted by molar-refractivity contribution is -0.384. The summed E-state index contributed by atoms with van der Waals surface area (Å²) in [7, 11) is 0. The number of amides is 1. The standard InChI is InChI=1S/C21H16ClN3O3S/c22-18-7-11-20(12-8-18)29-14-16-1-5-17(6-2-16)21(26)24-23-13-15-3-9-19(10-4-15)25(27)28/h1-13H,14H2,(H,24,26)/b23-13-. The van der Waals surface area contributed by atoms with Gasteiger partial charge in [0.15, 0.2) is 0 Å². The van der Waals surface area contributed by atoms with Gasteiger partial charge in [-0.15, -0.1) is 11.8 Å². The highest BCUT2D eigenvalue weighted by atomic mass is 35.5. The first-order valence-electron chi connectivity index (χ1n) is 8.56. The molecular weight excluding hydrogens is 410 g/mol. The predicted octanol–water partition coefficient (Wildman–Crippen LogP) is 5.30. The van der Waals surface area contributed by atoms with Crippen molar-refractivity contribution >= 4 is 41.2 Å². The molecule has 0 radical (unpaired) electrons. The quantitative estimate of drug-likeness (QED) is 0.241. The van der Waals surface area contributed by atoms with Crippen molar-refractivity contribution < 1.29 is 9.72 Å². The Hall–Kier alpha value is -3.16. The summed E-state index contributed by atoms with van der Waals surface area (Å²) < 4.78 is 0. The number of carbonyl (C=O) groups is 1. The van der Waals surface area contributed by atoms with Gasteiger partial charge in [0.2, 0.25) is 0 Å². The van der Waals surface area contributed by atoms with Crippen LogP contribution in [0.15, 0.2) is 82.8 Å². The van der Waals surface area contributed by atoms with Gasteiger partial charge in [-0.05, 0) is 59.7 Å². The number of nitrogens with one attached hydrogen (secondary N) is 1. The number of benzene rings is 3. The first kappa shape index (κ1) is 20.6. The largest absolute Gasteiger partial charge is 0.271 e. The van der Waals surface area contributed by atoms with Crippen molar-refractivity contribution in [1.82, 2.24) is 5.43 Å². The van der Waals surface area contributed by atoms with Crippen LogP contribution in [0.5, 0.6) is 0 Å². The number of non-ortho nitro benzene ring substituents is 1. The van der Waals surface area contributed by atoms with Gasteiger partial charge >= 0.3 is 0 Å². The SMILES string of the molecule is O=C(N/N=C\c1ccc([N+](=O)[O-])cc1)c1ccc(CSc2ccc(Cl)cc2)cc1. The number of carbonyl (C=O) groups excluding carboxylic acids is 1. The van der Waals surface area contributed by atoms with Crippen LogP contribution in [0.2, 0.25) is 5.02 Å². The Labute approximate surface area is 176 Å². The smallest absolute Gasteiger partial charge is 0.267 e. The molecule has 0 saturated heterocycles. The summed E-state index contributed by atoms with van der Waals surface area (Å²) in [5.41, 5.74) is 4.68. The van der Waals surface area contributed by atoms with Crippen molar-refractivity contribution in [2.45, 2.75) is 10.6 Å².